The van der Waals surface area contributed by atoms with Crippen molar-refractivity contribution >= 4 is 33.5 Å². The molecular formula is C41H40N2O7. The molecule has 0 amide bonds. The molecule has 0 heterocycles. The normalized spacial score (nSPS) is 12.4. The average molecular weight is 673 g/mol. The number of hydrogen-bond acceptors (Lipinski definition) is 7. The number of carboxylic acid groups (broad SMARTS) is 2. The Balaban J connectivity index is 0.000000195. The van der Waals surface area contributed by atoms with Crippen molar-refractivity contribution in [1.29, 1.82) is 0 Å². The number of ether oxygens (including phenoxy) is 1. The van der Waals surface area contributed by atoms with Gasteiger partial charge in [-0.2, -0.15) is 0 Å². The summed E-state index contributed by atoms with van der Waals surface area (Å²) in [5.41, 5.74) is 3.49. The molecule has 0 radical (unpaired) electrons. The third-order valence-corrected chi connectivity index (χ3v) is 8.69. The van der Waals surface area contributed by atoms with E-state index in [2.05, 4.69) is 0 Å². The molecule has 6 aromatic carbocycles. The summed E-state index contributed by atoms with van der Waals surface area (Å²) in [6.45, 7) is 0. The molecule has 2 unspecified atom stereocenters. The molecule has 2 atom stereocenters. The summed E-state index contributed by atoms with van der Waals surface area (Å²) in [4.78, 5) is 26.9. The molecule has 4 N–H and O–H groups in total. The van der Waals surface area contributed by atoms with Gasteiger partial charge in [0.25, 0.3) is 0 Å². The molecule has 9 heteroatoms. The number of nitrogens with zero attached hydrogens (tertiary/aromatic N) is 2. The predicted molar refractivity (Wildman–Crippen MR) is 196 cm³/mol. The average Bonchev–Trinajstić information content (AvgIpc) is 3.10. The van der Waals surface area contributed by atoms with Crippen molar-refractivity contribution in [2.45, 2.75) is 12.1 Å². The van der Waals surface area contributed by atoms with E-state index in [4.69, 9.17) is 4.74 Å². The first kappa shape index (κ1) is 35.4. The fourth-order valence-corrected chi connectivity index (χ4v) is 6.45. The SMILES string of the molecule is CN(C)C(c1ccccc1)c1c(O)ccc2cc(C(=O)O)ccc12.COc1ccc2c(C(c3ccccc3)N(C)C)c(O)c(C(=O)O)cc2c1. The third-order valence-electron chi connectivity index (χ3n) is 8.69. The van der Waals surface area contributed by atoms with Crippen molar-refractivity contribution in [2.24, 2.45) is 0 Å². The van der Waals surface area contributed by atoms with Crippen LogP contribution in [0.5, 0.6) is 17.2 Å². The summed E-state index contributed by atoms with van der Waals surface area (Å²) >= 11 is 0. The van der Waals surface area contributed by atoms with Crippen LogP contribution in [0, 0.1) is 0 Å². The number of fused-ring (bicyclic) bond motifs is 2. The Hall–Kier alpha value is -5.90. The van der Waals surface area contributed by atoms with Crippen LogP contribution in [0.3, 0.4) is 0 Å². The van der Waals surface area contributed by atoms with Gasteiger partial charge >= 0.3 is 11.9 Å². The van der Waals surface area contributed by atoms with Crippen LogP contribution in [0.15, 0.2) is 115 Å². The van der Waals surface area contributed by atoms with Gasteiger partial charge < -0.3 is 25.2 Å². The summed E-state index contributed by atoms with van der Waals surface area (Å²) in [5, 5.41) is 43.2. The summed E-state index contributed by atoms with van der Waals surface area (Å²) in [6.07, 6.45) is 0. The molecule has 0 aliphatic heterocycles. The summed E-state index contributed by atoms with van der Waals surface area (Å²) < 4.78 is 5.26. The largest absolute Gasteiger partial charge is 0.508 e. The lowest BCUT2D eigenvalue weighted by Gasteiger charge is -2.28. The summed E-state index contributed by atoms with van der Waals surface area (Å²) in [6, 6.07) is 34.5. The van der Waals surface area contributed by atoms with Crippen LogP contribution in [-0.2, 0) is 0 Å². The Kier molecular flexibility index (Phi) is 10.7. The minimum absolute atomic E-state index is 0.122. The number of benzene rings is 6. The minimum atomic E-state index is -1.17. The van der Waals surface area contributed by atoms with Gasteiger partial charge in [-0.1, -0.05) is 78.9 Å². The number of aromatic hydroxyl groups is 2. The van der Waals surface area contributed by atoms with Crippen LogP contribution in [0.1, 0.15) is 55.1 Å². The van der Waals surface area contributed by atoms with Gasteiger partial charge in [0.2, 0.25) is 0 Å². The van der Waals surface area contributed by atoms with Crippen molar-refractivity contribution in [2.75, 3.05) is 35.3 Å². The second-order valence-electron chi connectivity index (χ2n) is 12.4. The summed E-state index contributed by atoms with van der Waals surface area (Å²) in [5.74, 6) is -1.50. The molecule has 0 aliphatic carbocycles. The zero-order chi connectivity index (χ0) is 36.1. The number of rotatable bonds is 9. The molecule has 50 heavy (non-hydrogen) atoms. The molecule has 0 saturated heterocycles. The van der Waals surface area contributed by atoms with E-state index in [0.29, 0.717) is 16.7 Å². The standard InChI is InChI=1S/C21H21NO4.C20H19NO3/c1-22(2)19(13-7-5-4-6-8-13)18-16-10-9-15(26-3)11-14(16)12-17(20(18)23)21(24)25;1-21(2)19(13-6-4-3-5-7-13)18-16-10-8-15(20(23)24)12-14(16)9-11-17(18)22/h4-12,19,23H,1-3H3,(H,24,25);3-12,19,22H,1-2H3,(H,23,24). The van der Waals surface area contributed by atoms with Crippen molar-refractivity contribution in [3.05, 3.63) is 149 Å². The van der Waals surface area contributed by atoms with Gasteiger partial charge in [0, 0.05) is 11.1 Å². The maximum Gasteiger partial charge on any atom is 0.339 e. The van der Waals surface area contributed by atoms with Gasteiger partial charge in [-0.05, 0) is 97.3 Å². The molecule has 0 saturated carbocycles. The molecular weight excluding hydrogens is 632 g/mol. The Bertz CT molecular complexity index is 2150. The first-order valence-corrected chi connectivity index (χ1v) is 15.9. The fourth-order valence-electron chi connectivity index (χ4n) is 6.45. The molecule has 0 fully saturated rings. The van der Waals surface area contributed by atoms with E-state index in [9.17, 15) is 30.0 Å². The highest BCUT2D eigenvalue weighted by atomic mass is 16.5. The second-order valence-corrected chi connectivity index (χ2v) is 12.4. The molecule has 256 valence electrons. The highest BCUT2D eigenvalue weighted by molar-refractivity contribution is 6.00. The van der Waals surface area contributed by atoms with Crippen LogP contribution in [-0.4, -0.2) is 77.5 Å². The van der Waals surface area contributed by atoms with Crippen LogP contribution in [0.2, 0.25) is 0 Å². The number of carbonyl (C=O) groups is 2. The summed E-state index contributed by atoms with van der Waals surface area (Å²) in [7, 11) is 9.29. The molecule has 0 spiro atoms. The van der Waals surface area contributed by atoms with E-state index in [-0.39, 0.29) is 34.7 Å². The zero-order valence-electron chi connectivity index (χ0n) is 28.5. The monoisotopic (exact) mass is 672 g/mol. The quantitative estimate of drug-likeness (QED) is 0.122. The number of carboxylic acids is 2. The lowest BCUT2D eigenvalue weighted by atomic mass is 9.90. The van der Waals surface area contributed by atoms with E-state index in [0.717, 1.165) is 32.8 Å². The van der Waals surface area contributed by atoms with Gasteiger partial charge in [0.05, 0.1) is 24.8 Å². The van der Waals surface area contributed by atoms with E-state index < -0.39 is 11.9 Å². The first-order valence-electron chi connectivity index (χ1n) is 15.9. The van der Waals surface area contributed by atoms with Crippen molar-refractivity contribution in [1.82, 2.24) is 9.80 Å². The highest BCUT2D eigenvalue weighted by Crippen LogP contribution is 2.42. The van der Waals surface area contributed by atoms with E-state index in [1.165, 1.54) is 6.07 Å². The Morgan fingerprint density at radius 2 is 1.14 bits per heavy atom. The molecule has 9 nitrogen and oxygen atoms in total. The third kappa shape index (κ3) is 7.24. The fraction of sp³-hybridized carbons (Fsp3) is 0.171. The molecule has 6 aromatic rings. The maximum absolute atomic E-state index is 11.7. The maximum atomic E-state index is 11.7. The van der Waals surface area contributed by atoms with Gasteiger partial charge in [-0.3, -0.25) is 9.80 Å². The Labute approximate surface area is 290 Å². The molecule has 0 aromatic heterocycles. The van der Waals surface area contributed by atoms with Gasteiger partial charge in [-0.25, -0.2) is 9.59 Å². The smallest absolute Gasteiger partial charge is 0.339 e. The topological polar surface area (TPSA) is 131 Å². The van der Waals surface area contributed by atoms with Crippen LogP contribution in [0.4, 0.5) is 0 Å². The molecule has 0 bridgehead atoms. The number of aromatic carboxylic acids is 2. The van der Waals surface area contributed by atoms with Gasteiger partial charge in [0.1, 0.15) is 22.8 Å². The predicted octanol–water partition coefficient (Wildman–Crippen LogP) is 7.80. The van der Waals surface area contributed by atoms with Crippen molar-refractivity contribution in [3.8, 4) is 17.2 Å². The lowest BCUT2D eigenvalue weighted by Crippen LogP contribution is -2.22. The van der Waals surface area contributed by atoms with E-state index in [1.54, 1.807) is 43.5 Å². The van der Waals surface area contributed by atoms with Gasteiger partial charge in [0.15, 0.2) is 0 Å². The molecule has 0 aliphatic rings. The first-order chi connectivity index (χ1) is 23.9. The highest BCUT2D eigenvalue weighted by Gasteiger charge is 2.27. The Morgan fingerprint density at radius 1 is 0.600 bits per heavy atom. The van der Waals surface area contributed by atoms with E-state index in [1.807, 2.05) is 111 Å². The van der Waals surface area contributed by atoms with Gasteiger partial charge in [-0.15, -0.1) is 0 Å². The number of hydrogen-bond donors (Lipinski definition) is 4. The number of methoxy groups -OCH3 is 1. The second kappa shape index (κ2) is 15.1. The zero-order valence-corrected chi connectivity index (χ0v) is 28.5. The molecule has 6 rings (SSSR count). The van der Waals surface area contributed by atoms with Crippen LogP contribution >= 0.6 is 0 Å². The van der Waals surface area contributed by atoms with E-state index >= 15 is 0 Å². The van der Waals surface area contributed by atoms with Crippen molar-refractivity contribution in [3.63, 3.8) is 0 Å². The van der Waals surface area contributed by atoms with Crippen LogP contribution < -0.4 is 4.74 Å². The Morgan fingerprint density at radius 3 is 1.66 bits per heavy atom. The lowest BCUT2D eigenvalue weighted by molar-refractivity contribution is 0.0684. The van der Waals surface area contributed by atoms with Crippen molar-refractivity contribution < 1.29 is 34.8 Å². The minimum Gasteiger partial charge on any atom is -0.508 e. The number of phenols is 2. The van der Waals surface area contributed by atoms with Crippen LogP contribution in [0.25, 0.3) is 21.5 Å². The number of phenolic OH excluding ortho intramolecular Hbond substituents is 1.